The van der Waals surface area contributed by atoms with Crippen LogP contribution in [0.5, 0.6) is 0 Å². The molecule has 96 valence electrons. The molecule has 17 heavy (non-hydrogen) atoms. The van der Waals surface area contributed by atoms with Gasteiger partial charge in [0, 0.05) is 16.3 Å². The molecule has 0 radical (unpaired) electrons. The quantitative estimate of drug-likeness (QED) is 0.397. The SMILES string of the molecule is Cc1cc(S(=O)(=O)NCCN=C(N)N)c(C)s1. The van der Waals surface area contributed by atoms with Gasteiger partial charge in [0.1, 0.15) is 0 Å². The molecule has 1 aromatic rings. The molecule has 6 nitrogen and oxygen atoms in total. The molecule has 0 aromatic carbocycles. The van der Waals surface area contributed by atoms with Gasteiger partial charge in [0.15, 0.2) is 5.96 Å². The van der Waals surface area contributed by atoms with E-state index >= 15 is 0 Å². The summed E-state index contributed by atoms with van der Waals surface area (Å²) in [6, 6.07) is 1.66. The predicted octanol–water partition coefficient (Wildman–Crippen LogP) is -0.0834. The van der Waals surface area contributed by atoms with Crippen molar-refractivity contribution in [2.75, 3.05) is 13.1 Å². The fraction of sp³-hybridized carbons (Fsp3) is 0.444. The maximum Gasteiger partial charge on any atom is 0.241 e. The van der Waals surface area contributed by atoms with Gasteiger partial charge in [0.05, 0.1) is 11.4 Å². The van der Waals surface area contributed by atoms with Gasteiger partial charge in [-0.3, -0.25) is 4.99 Å². The van der Waals surface area contributed by atoms with Crippen LogP contribution in [0.2, 0.25) is 0 Å². The number of aryl methyl sites for hydroxylation is 2. The fourth-order valence-electron chi connectivity index (χ4n) is 1.32. The molecule has 1 heterocycles. The van der Waals surface area contributed by atoms with E-state index in [1.54, 1.807) is 13.0 Å². The summed E-state index contributed by atoms with van der Waals surface area (Å²) in [5, 5.41) is 0. The zero-order valence-electron chi connectivity index (χ0n) is 9.73. The average Bonchev–Trinajstić information content (AvgIpc) is 2.53. The number of rotatable bonds is 5. The smallest absolute Gasteiger partial charge is 0.241 e. The lowest BCUT2D eigenvalue weighted by Crippen LogP contribution is -2.29. The second kappa shape index (κ2) is 5.48. The van der Waals surface area contributed by atoms with E-state index in [1.807, 2.05) is 6.92 Å². The van der Waals surface area contributed by atoms with Gasteiger partial charge in [-0.25, -0.2) is 13.1 Å². The molecule has 0 aliphatic heterocycles. The number of hydrogen-bond acceptors (Lipinski definition) is 4. The Morgan fingerprint density at radius 3 is 2.59 bits per heavy atom. The molecule has 1 rings (SSSR count). The van der Waals surface area contributed by atoms with Crippen molar-refractivity contribution in [2.24, 2.45) is 16.5 Å². The van der Waals surface area contributed by atoms with Crippen LogP contribution in [0.15, 0.2) is 16.0 Å². The molecule has 0 bridgehead atoms. The maximum atomic E-state index is 11.9. The molecule has 1 aromatic heterocycles. The lowest BCUT2D eigenvalue weighted by Gasteiger charge is -2.04. The normalized spacial score (nSPS) is 11.4. The van der Waals surface area contributed by atoms with Crippen molar-refractivity contribution < 1.29 is 8.42 Å². The highest BCUT2D eigenvalue weighted by Crippen LogP contribution is 2.24. The van der Waals surface area contributed by atoms with Crippen molar-refractivity contribution in [3.63, 3.8) is 0 Å². The van der Waals surface area contributed by atoms with Crippen molar-refractivity contribution in [3.8, 4) is 0 Å². The van der Waals surface area contributed by atoms with Crippen LogP contribution in [0.4, 0.5) is 0 Å². The predicted molar refractivity (Wildman–Crippen MR) is 69.7 cm³/mol. The molecule has 0 atom stereocenters. The van der Waals surface area contributed by atoms with Crippen molar-refractivity contribution >= 4 is 27.3 Å². The van der Waals surface area contributed by atoms with Crippen molar-refractivity contribution in [1.29, 1.82) is 0 Å². The first-order chi connectivity index (χ1) is 7.83. The van der Waals surface area contributed by atoms with Gasteiger partial charge >= 0.3 is 0 Å². The third kappa shape index (κ3) is 3.99. The Labute approximate surface area is 105 Å². The average molecular weight is 276 g/mol. The number of aliphatic imine (C=N–C) groups is 1. The van der Waals surface area contributed by atoms with Crippen LogP contribution in [-0.2, 0) is 10.0 Å². The first kappa shape index (κ1) is 13.9. The van der Waals surface area contributed by atoms with Gasteiger partial charge in [-0.05, 0) is 19.9 Å². The molecule has 0 fully saturated rings. The summed E-state index contributed by atoms with van der Waals surface area (Å²) in [5.74, 6) is -0.0493. The molecule has 0 saturated heterocycles. The van der Waals surface area contributed by atoms with E-state index in [1.165, 1.54) is 11.3 Å². The molecule has 0 aliphatic rings. The van der Waals surface area contributed by atoms with E-state index in [-0.39, 0.29) is 19.0 Å². The monoisotopic (exact) mass is 276 g/mol. The first-order valence-electron chi connectivity index (χ1n) is 4.95. The molecule has 8 heteroatoms. The summed E-state index contributed by atoms with van der Waals surface area (Å²) >= 11 is 1.45. The lowest BCUT2D eigenvalue weighted by atomic mass is 10.4. The number of sulfonamides is 1. The van der Waals surface area contributed by atoms with Crippen LogP contribution in [0, 0.1) is 13.8 Å². The third-order valence-corrected chi connectivity index (χ3v) is 4.67. The van der Waals surface area contributed by atoms with Gasteiger partial charge in [0.25, 0.3) is 0 Å². The zero-order valence-corrected chi connectivity index (χ0v) is 11.4. The number of guanidine groups is 1. The summed E-state index contributed by atoms with van der Waals surface area (Å²) < 4.78 is 26.2. The number of thiophene rings is 1. The van der Waals surface area contributed by atoms with Gasteiger partial charge in [-0.1, -0.05) is 0 Å². The number of nitrogens with zero attached hydrogens (tertiary/aromatic N) is 1. The maximum absolute atomic E-state index is 11.9. The van der Waals surface area contributed by atoms with E-state index < -0.39 is 10.0 Å². The minimum Gasteiger partial charge on any atom is -0.370 e. The molecule has 0 saturated carbocycles. The van der Waals surface area contributed by atoms with Crippen LogP contribution in [0.25, 0.3) is 0 Å². The Kier molecular flexibility index (Phi) is 4.49. The van der Waals surface area contributed by atoms with Gasteiger partial charge < -0.3 is 11.5 Å². The summed E-state index contributed by atoms with van der Waals surface area (Å²) in [7, 11) is -3.46. The number of hydrogen-bond donors (Lipinski definition) is 3. The summed E-state index contributed by atoms with van der Waals surface area (Å²) in [6.45, 7) is 4.05. The second-order valence-corrected chi connectivity index (χ2v) is 6.68. The van der Waals surface area contributed by atoms with Crippen LogP contribution < -0.4 is 16.2 Å². The highest BCUT2D eigenvalue weighted by atomic mass is 32.2. The van der Waals surface area contributed by atoms with E-state index in [4.69, 9.17) is 11.5 Å². The van der Waals surface area contributed by atoms with Gasteiger partial charge in [-0.2, -0.15) is 0 Å². The summed E-state index contributed by atoms with van der Waals surface area (Å²) in [5.41, 5.74) is 10.3. The van der Waals surface area contributed by atoms with Crippen LogP contribution in [0.1, 0.15) is 9.75 Å². The van der Waals surface area contributed by atoms with Crippen molar-refractivity contribution in [1.82, 2.24) is 4.72 Å². The Bertz CT molecular complexity index is 515. The molecular formula is C9H16N4O2S2. The summed E-state index contributed by atoms with van der Waals surface area (Å²) in [4.78, 5) is 5.76. The number of nitrogens with two attached hydrogens (primary N) is 2. The Morgan fingerprint density at radius 2 is 2.12 bits per heavy atom. The molecule has 0 unspecified atom stereocenters. The second-order valence-electron chi connectivity index (χ2n) is 3.48. The van der Waals surface area contributed by atoms with E-state index in [9.17, 15) is 8.42 Å². The van der Waals surface area contributed by atoms with Crippen LogP contribution in [0.3, 0.4) is 0 Å². The molecule has 0 spiro atoms. The Balaban J connectivity index is 2.70. The zero-order chi connectivity index (χ0) is 13.1. The Hall–Kier alpha value is -1.12. The highest BCUT2D eigenvalue weighted by molar-refractivity contribution is 7.89. The largest absolute Gasteiger partial charge is 0.370 e. The molecule has 0 aliphatic carbocycles. The van der Waals surface area contributed by atoms with Crippen molar-refractivity contribution in [3.05, 3.63) is 15.8 Å². The Morgan fingerprint density at radius 1 is 1.47 bits per heavy atom. The summed E-state index contributed by atoms with van der Waals surface area (Å²) in [6.07, 6.45) is 0. The minimum absolute atomic E-state index is 0.0493. The fourth-order valence-corrected chi connectivity index (χ4v) is 3.89. The third-order valence-electron chi connectivity index (χ3n) is 1.98. The van der Waals surface area contributed by atoms with Gasteiger partial charge in [0.2, 0.25) is 10.0 Å². The molecular weight excluding hydrogens is 260 g/mol. The van der Waals surface area contributed by atoms with Crippen LogP contribution in [-0.4, -0.2) is 27.5 Å². The number of nitrogens with one attached hydrogen (secondary N) is 1. The van der Waals surface area contributed by atoms with Crippen LogP contribution >= 0.6 is 11.3 Å². The molecule has 0 amide bonds. The highest BCUT2D eigenvalue weighted by Gasteiger charge is 2.18. The van der Waals surface area contributed by atoms with E-state index in [2.05, 4.69) is 9.71 Å². The van der Waals surface area contributed by atoms with Gasteiger partial charge in [-0.15, -0.1) is 11.3 Å². The van der Waals surface area contributed by atoms with Crippen molar-refractivity contribution in [2.45, 2.75) is 18.7 Å². The molecule has 5 N–H and O–H groups in total. The van der Waals surface area contributed by atoms with E-state index in [0.717, 1.165) is 9.75 Å². The standard InChI is InChI=1S/C9H16N4O2S2/c1-6-5-8(7(2)16-6)17(14,15)13-4-3-12-9(10)11/h5,13H,3-4H2,1-2H3,(H4,10,11,12). The first-order valence-corrected chi connectivity index (χ1v) is 7.25. The minimum atomic E-state index is -3.46. The lowest BCUT2D eigenvalue weighted by molar-refractivity contribution is 0.582. The van der Waals surface area contributed by atoms with E-state index in [0.29, 0.717) is 4.90 Å². The topological polar surface area (TPSA) is 111 Å².